The van der Waals surface area contributed by atoms with Gasteiger partial charge in [-0.2, -0.15) is 21.9 Å². The van der Waals surface area contributed by atoms with Gasteiger partial charge < -0.3 is 10.2 Å². The van der Waals surface area contributed by atoms with Crippen molar-refractivity contribution < 1.29 is 61.6 Å². The molecule has 0 atom stereocenters. The third-order valence-electron chi connectivity index (χ3n) is 5.74. The van der Waals surface area contributed by atoms with Gasteiger partial charge in [0.2, 0.25) is 0 Å². The molecule has 0 spiro atoms. The fourth-order valence-electron chi connectivity index (χ4n) is 3.76. The molecule has 1 radical (unpaired) electrons. The van der Waals surface area contributed by atoms with Gasteiger partial charge in [-0.25, -0.2) is 8.42 Å². The van der Waals surface area contributed by atoms with Crippen LogP contribution in [0, 0.1) is 0 Å². The first-order valence-corrected chi connectivity index (χ1v) is 14.9. The molecular formula is C23H17CuN3O10S3. The number of fused-ring (bicyclic) bond motifs is 2. The Hall–Kier alpha value is -3.57. The van der Waals surface area contributed by atoms with Gasteiger partial charge in [0.15, 0.2) is 0 Å². The third kappa shape index (κ3) is 5.66. The minimum atomic E-state index is -5.02. The van der Waals surface area contributed by atoms with E-state index in [2.05, 4.69) is 16.8 Å². The molecule has 13 nitrogen and oxygen atoms in total. The summed E-state index contributed by atoms with van der Waals surface area (Å²) in [5.41, 5.74) is -1.24. The van der Waals surface area contributed by atoms with Crippen molar-refractivity contribution in [2.45, 2.75) is 9.79 Å². The molecule has 0 unspecified atom stereocenters. The molecule has 0 saturated carbocycles. The zero-order valence-corrected chi connectivity index (χ0v) is 23.4. The van der Waals surface area contributed by atoms with Crippen LogP contribution in [0.3, 0.4) is 0 Å². The predicted molar refractivity (Wildman–Crippen MR) is 138 cm³/mol. The zero-order chi connectivity index (χ0) is 28.9. The number of rotatable bonds is 7. The standard InChI is InChI=1S/C23H19N3O10S3.Cu/c1-3-37(29,30)26(2)14-8-7-13-11-20(39(34,35)36)21(23(28)17(13)12-14)25-24-18-10-9-15-16(22(18)27)5-4-6-19(15)38(31,32)33;/h3-12,27-28H,1H2,2H3,(H,31,32,33)(H,34,35,36);/q;+2/p-2. The molecule has 4 rings (SSSR count). The average Bonchev–Trinajstić information content (AvgIpc) is 2.87. The number of anilines is 1. The summed E-state index contributed by atoms with van der Waals surface area (Å²) < 4.78 is 91.6. The summed E-state index contributed by atoms with van der Waals surface area (Å²) in [5, 5.41) is 33.8. The van der Waals surface area contributed by atoms with Crippen molar-refractivity contribution in [3.05, 3.63) is 66.6 Å². The molecule has 0 amide bonds. The Morgan fingerprint density at radius 2 is 1.45 bits per heavy atom. The summed E-state index contributed by atoms with van der Waals surface area (Å²) in [4.78, 5) is -1.43. The number of nitrogens with zero attached hydrogens (tertiary/aromatic N) is 3. The van der Waals surface area contributed by atoms with Gasteiger partial charge in [-0.3, -0.25) is 13.4 Å². The van der Waals surface area contributed by atoms with Crippen molar-refractivity contribution in [3.8, 4) is 11.5 Å². The molecule has 213 valence electrons. The fraction of sp³-hybridized carbons (Fsp3) is 0.0435. The summed E-state index contributed by atoms with van der Waals surface area (Å²) in [6.45, 7) is 3.23. The van der Waals surface area contributed by atoms with Crippen LogP contribution in [-0.4, -0.2) is 41.4 Å². The Labute approximate surface area is 239 Å². The van der Waals surface area contributed by atoms with Crippen LogP contribution in [-0.2, 0) is 47.3 Å². The zero-order valence-electron chi connectivity index (χ0n) is 20.0. The van der Waals surface area contributed by atoms with Crippen LogP contribution in [0.1, 0.15) is 0 Å². The molecule has 0 aliphatic heterocycles. The molecule has 0 heterocycles. The molecule has 40 heavy (non-hydrogen) atoms. The van der Waals surface area contributed by atoms with Crippen LogP contribution in [0.2, 0.25) is 0 Å². The minimum absolute atomic E-state index is 0. The topological polar surface area (TPSA) is 217 Å². The molecule has 17 heteroatoms. The Morgan fingerprint density at radius 1 is 0.800 bits per heavy atom. The Kier molecular flexibility index (Phi) is 8.34. The van der Waals surface area contributed by atoms with Crippen LogP contribution < -0.4 is 14.5 Å². The normalized spacial score (nSPS) is 12.5. The molecule has 0 fully saturated rings. The van der Waals surface area contributed by atoms with Gasteiger partial charge in [0.05, 0.1) is 17.1 Å². The molecular weight excluding hydrogens is 638 g/mol. The van der Waals surface area contributed by atoms with E-state index in [0.29, 0.717) is 5.41 Å². The Morgan fingerprint density at radius 3 is 2.05 bits per heavy atom. The monoisotopic (exact) mass is 654 g/mol. The van der Waals surface area contributed by atoms with Crippen molar-refractivity contribution >= 4 is 68.9 Å². The number of hydrogen-bond donors (Lipinski definition) is 2. The van der Waals surface area contributed by atoms with Gasteiger partial charge in [-0.15, -0.1) is 5.11 Å². The number of benzene rings is 4. The van der Waals surface area contributed by atoms with Gasteiger partial charge in [-0.1, -0.05) is 42.3 Å². The van der Waals surface area contributed by atoms with E-state index in [1.165, 1.54) is 37.4 Å². The molecule has 4 aromatic carbocycles. The first-order chi connectivity index (χ1) is 18.1. The summed E-state index contributed by atoms with van der Waals surface area (Å²) >= 11 is 0. The van der Waals surface area contributed by atoms with Crippen LogP contribution in [0.25, 0.3) is 21.5 Å². The molecule has 2 N–H and O–H groups in total. The SMILES string of the molecule is C=CS(=O)(=O)N(C)c1ccc2cc(S(=O)(=O)O)c(N=Nc3ccc4c(S(=O)(=O)O)cccc4c3[O-])c([O-])c2c1.[Cu+2]. The maximum absolute atomic E-state index is 13.3. The van der Waals surface area contributed by atoms with E-state index in [9.17, 15) is 44.6 Å². The fourth-order valence-corrected chi connectivity index (χ4v) is 5.75. The molecule has 4 aromatic rings. The number of azo groups is 1. The summed E-state index contributed by atoms with van der Waals surface area (Å²) in [7, 11) is -12.4. The maximum atomic E-state index is 13.3. The van der Waals surface area contributed by atoms with Crippen molar-refractivity contribution in [1.29, 1.82) is 0 Å². The van der Waals surface area contributed by atoms with E-state index in [1.54, 1.807) is 0 Å². The average molecular weight is 655 g/mol. The van der Waals surface area contributed by atoms with E-state index in [1.807, 2.05) is 0 Å². The quantitative estimate of drug-likeness (QED) is 0.169. The first-order valence-electron chi connectivity index (χ1n) is 10.5. The Balaban J connectivity index is 0.00000441. The summed E-state index contributed by atoms with van der Waals surface area (Å²) in [6, 6.07) is 10.4. The van der Waals surface area contributed by atoms with E-state index in [4.69, 9.17) is 0 Å². The van der Waals surface area contributed by atoms with Crippen molar-refractivity contribution in [2.75, 3.05) is 11.4 Å². The van der Waals surface area contributed by atoms with Crippen LogP contribution in [0.4, 0.5) is 17.1 Å². The second-order valence-corrected chi connectivity index (χ2v) is 12.7. The molecule has 0 saturated heterocycles. The van der Waals surface area contributed by atoms with Gasteiger partial charge in [0.25, 0.3) is 30.3 Å². The van der Waals surface area contributed by atoms with Gasteiger partial charge in [0.1, 0.15) is 9.79 Å². The van der Waals surface area contributed by atoms with E-state index >= 15 is 0 Å². The largest absolute Gasteiger partial charge is 2.00 e. The number of sulfonamides is 1. The van der Waals surface area contributed by atoms with Crippen molar-refractivity contribution in [1.82, 2.24) is 0 Å². The van der Waals surface area contributed by atoms with Gasteiger partial charge in [-0.05, 0) is 46.5 Å². The molecule has 0 aliphatic carbocycles. The maximum Gasteiger partial charge on any atom is 2.00 e. The van der Waals surface area contributed by atoms with Crippen LogP contribution in [0.15, 0.2) is 86.6 Å². The Bertz CT molecular complexity index is 2050. The first kappa shape index (κ1) is 31.0. The second kappa shape index (κ2) is 10.8. The minimum Gasteiger partial charge on any atom is -0.871 e. The van der Waals surface area contributed by atoms with Gasteiger partial charge in [0, 0.05) is 17.8 Å². The second-order valence-electron chi connectivity index (χ2n) is 8.05. The number of hydrogen-bond acceptors (Lipinski definition) is 10. The molecule has 0 aromatic heterocycles. The predicted octanol–water partition coefficient (Wildman–Crippen LogP) is 2.96. The van der Waals surface area contributed by atoms with E-state index in [0.717, 1.165) is 28.6 Å². The smallest absolute Gasteiger partial charge is 0.871 e. The summed E-state index contributed by atoms with van der Waals surface area (Å²) in [6.07, 6.45) is 0. The molecule has 0 bridgehead atoms. The van der Waals surface area contributed by atoms with Crippen molar-refractivity contribution in [2.24, 2.45) is 10.2 Å². The van der Waals surface area contributed by atoms with Crippen LogP contribution >= 0.6 is 0 Å². The van der Waals surface area contributed by atoms with Crippen molar-refractivity contribution in [3.63, 3.8) is 0 Å². The molecule has 0 aliphatic rings. The summed E-state index contributed by atoms with van der Waals surface area (Å²) in [5.74, 6) is -1.89. The van der Waals surface area contributed by atoms with Crippen LogP contribution in [0.5, 0.6) is 11.5 Å². The van der Waals surface area contributed by atoms with Gasteiger partial charge >= 0.3 is 17.1 Å². The van der Waals surface area contributed by atoms with E-state index in [-0.39, 0.29) is 44.3 Å². The third-order valence-corrected chi connectivity index (χ3v) is 8.91. The van der Waals surface area contributed by atoms with E-state index < -0.39 is 62.9 Å².